The molecule has 0 aromatic heterocycles. The summed E-state index contributed by atoms with van der Waals surface area (Å²) in [4.78, 5) is 11.8. The molecule has 1 unspecified atom stereocenters. The van der Waals surface area contributed by atoms with Crippen LogP contribution in [-0.4, -0.2) is 22.6 Å². The summed E-state index contributed by atoms with van der Waals surface area (Å²) in [6.45, 7) is 5.51. The lowest BCUT2D eigenvalue weighted by molar-refractivity contribution is -0.203. The number of halogens is 3. The van der Waals surface area contributed by atoms with Crippen LogP contribution in [0.25, 0.3) is 10.8 Å². The van der Waals surface area contributed by atoms with Gasteiger partial charge < -0.3 is 0 Å². The van der Waals surface area contributed by atoms with Gasteiger partial charge in [-0.2, -0.15) is 18.2 Å². The Bertz CT molecular complexity index is 907. The number of amides is 1. The third kappa shape index (κ3) is 5.79. The molecule has 1 N–H and O–H groups in total. The van der Waals surface area contributed by atoms with E-state index in [9.17, 15) is 18.0 Å². The predicted molar refractivity (Wildman–Crippen MR) is 119 cm³/mol. The lowest BCUT2D eigenvalue weighted by atomic mass is 9.95. The molecule has 1 amide bonds. The molecule has 1 heterocycles. The Morgan fingerprint density at radius 2 is 1.65 bits per heavy atom. The molecule has 1 saturated heterocycles. The average molecular weight is 435 g/mol. The molecular formula is C25H33F3N2O. The third-order valence-electron chi connectivity index (χ3n) is 6.12. The quantitative estimate of drug-likeness (QED) is 0.437. The van der Waals surface area contributed by atoms with Crippen LogP contribution >= 0.6 is 0 Å². The number of carbonyl (C=O) groups is 1. The first-order chi connectivity index (χ1) is 14.6. The maximum absolute atomic E-state index is 14.0. The number of aryl methyl sites for hydroxylation is 1. The molecule has 0 bridgehead atoms. The number of unbranched alkanes of at least 4 members (excludes halogenated alkanes) is 5. The van der Waals surface area contributed by atoms with Crippen molar-refractivity contribution >= 4 is 16.7 Å². The SMILES string of the molecule is CCCCCCCCc1ccc2cc(C(N3NC(=O)CC3(C)C)C(F)(F)F)ccc2c1. The maximum atomic E-state index is 14.0. The van der Waals surface area contributed by atoms with Crippen LogP contribution in [0.15, 0.2) is 36.4 Å². The van der Waals surface area contributed by atoms with Crippen molar-refractivity contribution in [3.63, 3.8) is 0 Å². The molecule has 3 nitrogen and oxygen atoms in total. The monoisotopic (exact) mass is 434 g/mol. The number of nitrogens with one attached hydrogen (secondary N) is 1. The van der Waals surface area contributed by atoms with E-state index in [0.29, 0.717) is 0 Å². The average Bonchev–Trinajstić information content (AvgIpc) is 2.95. The first-order valence-corrected chi connectivity index (χ1v) is 11.3. The van der Waals surface area contributed by atoms with Gasteiger partial charge in [0.05, 0.1) is 0 Å². The van der Waals surface area contributed by atoms with Crippen LogP contribution in [0.4, 0.5) is 13.2 Å². The van der Waals surface area contributed by atoms with Gasteiger partial charge in [0.15, 0.2) is 6.04 Å². The Morgan fingerprint density at radius 1 is 1.00 bits per heavy atom. The number of alkyl halides is 3. The fourth-order valence-electron chi connectivity index (χ4n) is 4.45. The molecule has 3 rings (SSSR count). The number of hydrazine groups is 1. The Balaban J connectivity index is 1.78. The summed E-state index contributed by atoms with van der Waals surface area (Å²) in [6.07, 6.45) is 3.92. The summed E-state index contributed by atoms with van der Waals surface area (Å²) in [6, 6.07) is 9.02. The Labute approximate surface area is 183 Å². The Morgan fingerprint density at radius 3 is 2.29 bits per heavy atom. The first kappa shape index (κ1) is 23.6. The van der Waals surface area contributed by atoms with Gasteiger partial charge in [-0.25, -0.2) is 0 Å². The zero-order valence-corrected chi connectivity index (χ0v) is 18.7. The largest absolute Gasteiger partial charge is 0.409 e. The van der Waals surface area contributed by atoms with Crippen molar-refractivity contribution < 1.29 is 18.0 Å². The standard InChI is InChI=1S/C25H33F3N2O/c1-4-5-6-7-8-9-10-18-11-12-20-16-21(14-13-19(20)15-18)23(25(26,27)28)30-24(2,3)17-22(31)29-30/h11-16,23H,4-10,17H2,1-3H3,(H,29,31). The van der Waals surface area contributed by atoms with E-state index in [0.717, 1.165) is 28.6 Å². The minimum Gasteiger partial charge on any atom is -0.287 e. The van der Waals surface area contributed by atoms with Crippen molar-refractivity contribution in [1.82, 2.24) is 10.4 Å². The predicted octanol–water partition coefficient (Wildman–Crippen LogP) is 6.86. The fraction of sp³-hybridized carbons (Fsp3) is 0.560. The summed E-state index contributed by atoms with van der Waals surface area (Å²) in [7, 11) is 0. The molecule has 2 aromatic rings. The van der Waals surface area contributed by atoms with Gasteiger partial charge in [-0.3, -0.25) is 10.2 Å². The van der Waals surface area contributed by atoms with Crippen LogP contribution in [0.1, 0.15) is 82.9 Å². The number of fused-ring (bicyclic) bond motifs is 1. The number of hydrogen-bond donors (Lipinski definition) is 1. The van der Waals surface area contributed by atoms with E-state index in [1.165, 1.54) is 43.7 Å². The lowest BCUT2D eigenvalue weighted by Crippen LogP contribution is -2.51. The van der Waals surface area contributed by atoms with Crippen molar-refractivity contribution in [3.8, 4) is 0 Å². The van der Waals surface area contributed by atoms with Crippen LogP contribution in [0.5, 0.6) is 0 Å². The second kappa shape index (κ2) is 9.60. The summed E-state index contributed by atoms with van der Waals surface area (Å²) in [5.41, 5.74) is 2.86. The zero-order chi connectivity index (χ0) is 22.6. The van der Waals surface area contributed by atoms with Crippen LogP contribution in [-0.2, 0) is 11.2 Å². The molecule has 1 aliphatic heterocycles. The summed E-state index contributed by atoms with van der Waals surface area (Å²) >= 11 is 0. The molecule has 31 heavy (non-hydrogen) atoms. The highest BCUT2D eigenvalue weighted by Gasteiger charge is 2.52. The van der Waals surface area contributed by atoms with Gasteiger partial charge >= 0.3 is 6.18 Å². The van der Waals surface area contributed by atoms with Gasteiger partial charge in [0.25, 0.3) is 0 Å². The molecule has 0 aliphatic carbocycles. The van der Waals surface area contributed by atoms with Crippen molar-refractivity contribution in [2.75, 3.05) is 0 Å². The summed E-state index contributed by atoms with van der Waals surface area (Å²) < 4.78 is 42.1. The van der Waals surface area contributed by atoms with E-state index in [-0.39, 0.29) is 17.9 Å². The van der Waals surface area contributed by atoms with E-state index < -0.39 is 17.8 Å². The van der Waals surface area contributed by atoms with Crippen LogP contribution in [0.3, 0.4) is 0 Å². The minimum atomic E-state index is -4.51. The smallest absolute Gasteiger partial charge is 0.287 e. The molecule has 2 aromatic carbocycles. The summed E-state index contributed by atoms with van der Waals surface area (Å²) in [5, 5.41) is 2.78. The molecule has 1 atom stereocenters. The van der Waals surface area contributed by atoms with Gasteiger partial charge in [-0.1, -0.05) is 69.4 Å². The van der Waals surface area contributed by atoms with E-state index in [1.807, 2.05) is 12.1 Å². The third-order valence-corrected chi connectivity index (χ3v) is 6.12. The van der Waals surface area contributed by atoms with Crippen LogP contribution in [0, 0.1) is 0 Å². The van der Waals surface area contributed by atoms with Crippen molar-refractivity contribution in [3.05, 3.63) is 47.5 Å². The highest BCUT2D eigenvalue weighted by molar-refractivity contribution is 5.84. The number of nitrogens with zero attached hydrogens (tertiary/aromatic N) is 1. The molecule has 170 valence electrons. The zero-order valence-electron chi connectivity index (χ0n) is 18.7. The van der Waals surface area contributed by atoms with Crippen LogP contribution < -0.4 is 5.43 Å². The first-order valence-electron chi connectivity index (χ1n) is 11.3. The Kier molecular flexibility index (Phi) is 7.30. The van der Waals surface area contributed by atoms with E-state index in [4.69, 9.17) is 0 Å². The van der Waals surface area contributed by atoms with Crippen molar-refractivity contribution in [2.24, 2.45) is 0 Å². The number of carbonyl (C=O) groups excluding carboxylic acids is 1. The molecule has 1 fully saturated rings. The van der Waals surface area contributed by atoms with Gasteiger partial charge in [0.1, 0.15) is 0 Å². The number of rotatable bonds is 9. The molecule has 0 spiro atoms. The Hall–Kier alpha value is -2.08. The molecule has 0 radical (unpaired) electrons. The molecular weight excluding hydrogens is 401 g/mol. The van der Waals surface area contributed by atoms with Gasteiger partial charge in [-0.05, 0) is 54.7 Å². The topological polar surface area (TPSA) is 32.3 Å². The van der Waals surface area contributed by atoms with E-state index in [2.05, 4.69) is 18.4 Å². The van der Waals surface area contributed by atoms with E-state index in [1.54, 1.807) is 26.0 Å². The molecule has 6 heteroatoms. The van der Waals surface area contributed by atoms with Crippen LogP contribution in [0.2, 0.25) is 0 Å². The van der Waals surface area contributed by atoms with Crippen molar-refractivity contribution in [1.29, 1.82) is 0 Å². The fourth-order valence-corrected chi connectivity index (χ4v) is 4.45. The lowest BCUT2D eigenvalue weighted by Gasteiger charge is -2.38. The summed E-state index contributed by atoms with van der Waals surface area (Å²) in [5.74, 6) is -0.389. The van der Waals surface area contributed by atoms with E-state index >= 15 is 0 Å². The number of hydrogen-bond acceptors (Lipinski definition) is 2. The highest BCUT2D eigenvalue weighted by Crippen LogP contribution is 2.43. The maximum Gasteiger partial charge on any atom is 0.409 e. The normalized spacial score (nSPS) is 17.8. The molecule has 0 saturated carbocycles. The second-order valence-corrected chi connectivity index (χ2v) is 9.30. The van der Waals surface area contributed by atoms with Crippen molar-refractivity contribution in [2.45, 2.75) is 89.9 Å². The molecule has 1 aliphatic rings. The van der Waals surface area contributed by atoms with Gasteiger partial charge in [-0.15, -0.1) is 0 Å². The second-order valence-electron chi connectivity index (χ2n) is 9.30. The number of benzene rings is 2. The van der Waals surface area contributed by atoms with Gasteiger partial charge in [0, 0.05) is 12.0 Å². The highest BCUT2D eigenvalue weighted by atomic mass is 19.4. The minimum absolute atomic E-state index is 0.0367. The van der Waals surface area contributed by atoms with Gasteiger partial charge in [0.2, 0.25) is 5.91 Å².